The largest absolute Gasteiger partial charge is 0.0622 e. The fourth-order valence-electron chi connectivity index (χ4n) is 2.81. The Bertz CT molecular complexity index is 521. The van der Waals surface area contributed by atoms with E-state index in [0.717, 1.165) is 6.42 Å². The molecule has 0 N–H and O–H groups in total. The Kier molecular flexibility index (Phi) is 4.42. The zero-order valence-corrected chi connectivity index (χ0v) is 12.5. The van der Waals surface area contributed by atoms with E-state index in [-0.39, 0.29) is 0 Å². The fraction of sp³-hybridized carbons (Fsp3) is 0.368. The molecule has 0 unspecified atom stereocenters. The van der Waals surface area contributed by atoms with Gasteiger partial charge in [0.25, 0.3) is 0 Å². The zero-order chi connectivity index (χ0) is 13.8. The molecule has 100 valence electrons. The number of benzene rings is 2. The van der Waals surface area contributed by atoms with E-state index in [1.807, 2.05) is 0 Å². The predicted octanol–water partition coefficient (Wildman–Crippen LogP) is 5.52. The van der Waals surface area contributed by atoms with E-state index in [2.05, 4.69) is 76.2 Å². The number of rotatable bonds is 4. The van der Waals surface area contributed by atoms with Gasteiger partial charge in [0.1, 0.15) is 0 Å². The van der Waals surface area contributed by atoms with E-state index >= 15 is 0 Å². The minimum atomic E-state index is 0.581. The van der Waals surface area contributed by atoms with Crippen molar-refractivity contribution < 1.29 is 0 Å². The van der Waals surface area contributed by atoms with E-state index < -0.39 is 0 Å². The Labute approximate surface area is 117 Å². The molecule has 2 rings (SSSR count). The second kappa shape index (κ2) is 6.06. The highest BCUT2D eigenvalue weighted by molar-refractivity contribution is 5.41. The molecule has 0 heterocycles. The molecule has 0 fully saturated rings. The molecule has 2 aromatic rings. The van der Waals surface area contributed by atoms with Crippen molar-refractivity contribution >= 4 is 0 Å². The van der Waals surface area contributed by atoms with Crippen LogP contribution in [0.25, 0.3) is 0 Å². The Morgan fingerprint density at radius 2 is 1.42 bits per heavy atom. The molecule has 0 aliphatic carbocycles. The molecule has 0 atom stereocenters. The van der Waals surface area contributed by atoms with Gasteiger partial charge in [0, 0.05) is 0 Å². The summed E-state index contributed by atoms with van der Waals surface area (Å²) in [7, 11) is 0. The smallest absolute Gasteiger partial charge is 0.00228 e. The zero-order valence-electron chi connectivity index (χ0n) is 12.5. The molecule has 0 nitrogen and oxygen atoms in total. The highest BCUT2D eigenvalue weighted by atomic mass is 14.2. The van der Waals surface area contributed by atoms with Crippen molar-refractivity contribution in [1.29, 1.82) is 0 Å². The predicted molar refractivity (Wildman–Crippen MR) is 83.9 cm³/mol. The van der Waals surface area contributed by atoms with Crippen LogP contribution in [-0.4, -0.2) is 0 Å². The van der Waals surface area contributed by atoms with Gasteiger partial charge >= 0.3 is 0 Å². The van der Waals surface area contributed by atoms with Crippen molar-refractivity contribution in [3.05, 3.63) is 70.8 Å². The molecular weight excluding hydrogens is 228 g/mol. The van der Waals surface area contributed by atoms with Crippen LogP contribution in [0.3, 0.4) is 0 Å². The first-order valence-electron chi connectivity index (χ1n) is 7.25. The summed E-state index contributed by atoms with van der Waals surface area (Å²) in [6, 6.07) is 17.5. The highest BCUT2D eigenvalue weighted by Crippen LogP contribution is 2.30. The average Bonchev–Trinajstić information content (AvgIpc) is 2.39. The summed E-state index contributed by atoms with van der Waals surface area (Å²) in [6.45, 7) is 9.17. The molecule has 19 heavy (non-hydrogen) atoms. The lowest BCUT2D eigenvalue weighted by Gasteiger charge is -2.20. The third kappa shape index (κ3) is 3.26. The molecule has 0 bridgehead atoms. The molecule has 0 saturated heterocycles. The third-order valence-electron chi connectivity index (χ3n) is 3.67. The van der Waals surface area contributed by atoms with E-state index in [0.29, 0.717) is 11.8 Å². The van der Waals surface area contributed by atoms with Crippen LogP contribution in [0.1, 0.15) is 61.8 Å². The van der Waals surface area contributed by atoms with Gasteiger partial charge in [-0.1, -0.05) is 76.2 Å². The van der Waals surface area contributed by atoms with E-state index in [4.69, 9.17) is 0 Å². The van der Waals surface area contributed by atoms with Crippen LogP contribution < -0.4 is 0 Å². The van der Waals surface area contributed by atoms with Crippen LogP contribution in [0.5, 0.6) is 0 Å². The Balaban J connectivity index is 2.42. The Hall–Kier alpha value is -1.56. The van der Waals surface area contributed by atoms with Gasteiger partial charge in [-0.25, -0.2) is 0 Å². The maximum atomic E-state index is 2.30. The van der Waals surface area contributed by atoms with Crippen LogP contribution in [-0.2, 0) is 6.42 Å². The van der Waals surface area contributed by atoms with Gasteiger partial charge in [0.2, 0.25) is 0 Å². The Morgan fingerprint density at radius 3 is 2.00 bits per heavy atom. The standard InChI is InChI=1S/C19H24/c1-14(2)18-12-8-11-17(19(18)15(3)4)13-16-9-6-5-7-10-16/h5-12,14-15H,13H2,1-4H3. The highest BCUT2D eigenvalue weighted by Gasteiger charge is 2.14. The summed E-state index contributed by atoms with van der Waals surface area (Å²) in [5, 5.41) is 0. The molecule has 0 saturated carbocycles. The summed E-state index contributed by atoms with van der Waals surface area (Å²) in [4.78, 5) is 0. The lowest BCUT2D eigenvalue weighted by Crippen LogP contribution is -2.04. The van der Waals surface area contributed by atoms with Crippen LogP contribution in [0.2, 0.25) is 0 Å². The fourth-order valence-corrected chi connectivity index (χ4v) is 2.81. The first-order valence-corrected chi connectivity index (χ1v) is 7.25. The van der Waals surface area contributed by atoms with Gasteiger partial charge < -0.3 is 0 Å². The van der Waals surface area contributed by atoms with Crippen molar-refractivity contribution in [3.8, 4) is 0 Å². The number of hydrogen-bond acceptors (Lipinski definition) is 0. The molecule has 0 spiro atoms. The van der Waals surface area contributed by atoms with Gasteiger partial charge in [0.15, 0.2) is 0 Å². The molecule has 0 aromatic heterocycles. The monoisotopic (exact) mass is 252 g/mol. The topological polar surface area (TPSA) is 0 Å². The normalized spacial score (nSPS) is 11.3. The van der Waals surface area contributed by atoms with Crippen LogP contribution >= 0.6 is 0 Å². The quantitative estimate of drug-likeness (QED) is 0.671. The van der Waals surface area contributed by atoms with Gasteiger partial charge in [0.05, 0.1) is 0 Å². The molecule has 0 radical (unpaired) electrons. The van der Waals surface area contributed by atoms with Crippen LogP contribution in [0.15, 0.2) is 48.5 Å². The first-order chi connectivity index (χ1) is 9.09. The van der Waals surface area contributed by atoms with Gasteiger partial charge in [-0.15, -0.1) is 0 Å². The molecule has 0 aliphatic rings. The van der Waals surface area contributed by atoms with Crippen molar-refractivity contribution in [1.82, 2.24) is 0 Å². The molecule has 0 aliphatic heterocycles. The number of hydrogen-bond donors (Lipinski definition) is 0. The van der Waals surface area contributed by atoms with E-state index in [1.54, 1.807) is 5.56 Å². The van der Waals surface area contributed by atoms with Crippen molar-refractivity contribution in [2.45, 2.75) is 46.0 Å². The minimum Gasteiger partial charge on any atom is -0.0622 e. The first kappa shape index (κ1) is 13.9. The average molecular weight is 252 g/mol. The summed E-state index contributed by atoms with van der Waals surface area (Å²) in [5.41, 5.74) is 5.92. The second-order valence-corrected chi connectivity index (χ2v) is 5.89. The van der Waals surface area contributed by atoms with Gasteiger partial charge in [-0.2, -0.15) is 0 Å². The summed E-state index contributed by atoms with van der Waals surface area (Å²) in [5.74, 6) is 1.17. The summed E-state index contributed by atoms with van der Waals surface area (Å²) in [6.07, 6.45) is 1.04. The van der Waals surface area contributed by atoms with Crippen molar-refractivity contribution in [2.75, 3.05) is 0 Å². The SMILES string of the molecule is CC(C)c1cccc(Cc2ccccc2)c1C(C)C. The second-order valence-electron chi connectivity index (χ2n) is 5.89. The molecule has 0 heteroatoms. The third-order valence-corrected chi connectivity index (χ3v) is 3.67. The summed E-state index contributed by atoms with van der Waals surface area (Å²) < 4.78 is 0. The molecular formula is C19H24. The van der Waals surface area contributed by atoms with Crippen molar-refractivity contribution in [2.24, 2.45) is 0 Å². The Morgan fingerprint density at radius 1 is 0.737 bits per heavy atom. The minimum absolute atomic E-state index is 0.581. The molecule has 2 aromatic carbocycles. The molecule has 0 amide bonds. The summed E-state index contributed by atoms with van der Waals surface area (Å²) >= 11 is 0. The van der Waals surface area contributed by atoms with Gasteiger partial charge in [-0.3, -0.25) is 0 Å². The van der Waals surface area contributed by atoms with E-state index in [9.17, 15) is 0 Å². The van der Waals surface area contributed by atoms with Crippen molar-refractivity contribution in [3.63, 3.8) is 0 Å². The van der Waals surface area contributed by atoms with Crippen LogP contribution in [0.4, 0.5) is 0 Å². The maximum absolute atomic E-state index is 2.30. The van der Waals surface area contributed by atoms with Gasteiger partial charge in [-0.05, 0) is 40.5 Å². The van der Waals surface area contributed by atoms with Crippen LogP contribution in [0, 0.1) is 0 Å². The lowest BCUT2D eigenvalue weighted by molar-refractivity contribution is 0.778. The lowest BCUT2D eigenvalue weighted by atomic mass is 9.85. The maximum Gasteiger partial charge on any atom is -0.00228 e. The van der Waals surface area contributed by atoms with E-state index in [1.165, 1.54) is 16.7 Å².